The number of nitrogens with two attached hydrogens (primary N) is 2. The van der Waals surface area contributed by atoms with Crippen LogP contribution in [0.1, 0.15) is 31.1 Å². The highest BCUT2D eigenvalue weighted by Gasteiger charge is 2.12. The number of carbonyl (C=O) groups excluding carboxylic acids is 3. The first-order valence-electron chi connectivity index (χ1n) is 4.28. The number of nitrogens with one attached hydrogen (secondary N) is 1. The molecule has 0 aliphatic heterocycles. The van der Waals surface area contributed by atoms with Gasteiger partial charge in [-0.1, -0.05) is 0 Å². The van der Waals surface area contributed by atoms with Gasteiger partial charge in [-0.05, 0) is 18.2 Å². The molecule has 1 aromatic carbocycles. The van der Waals surface area contributed by atoms with Crippen LogP contribution in [-0.4, -0.2) is 17.7 Å². The van der Waals surface area contributed by atoms with Crippen LogP contribution >= 0.6 is 0 Å². The van der Waals surface area contributed by atoms with Crippen LogP contribution in [0.3, 0.4) is 0 Å². The quantitative estimate of drug-likeness (QED) is 0.631. The first-order chi connectivity index (χ1) is 7.45. The molecule has 6 nitrogen and oxygen atoms in total. The van der Waals surface area contributed by atoms with Crippen molar-refractivity contribution in [2.24, 2.45) is 11.5 Å². The fourth-order valence-electron chi connectivity index (χ4n) is 1.15. The number of primary amides is 2. The molecule has 0 spiro atoms. The van der Waals surface area contributed by atoms with Gasteiger partial charge in [0.25, 0.3) is 5.91 Å². The van der Waals surface area contributed by atoms with Gasteiger partial charge in [0.05, 0.1) is 0 Å². The lowest BCUT2D eigenvalue weighted by atomic mass is 10.0. The third-order valence-corrected chi connectivity index (χ3v) is 1.92. The fraction of sp³-hybridized carbons (Fsp3) is 0. The van der Waals surface area contributed by atoms with Crippen LogP contribution < -0.4 is 16.8 Å². The number of hydrogen-bond donors (Lipinski definition) is 3. The zero-order valence-electron chi connectivity index (χ0n) is 8.32. The maximum Gasteiger partial charge on any atom is 0.251 e. The summed E-state index contributed by atoms with van der Waals surface area (Å²) in [5.74, 6) is -2.03. The van der Waals surface area contributed by atoms with E-state index in [1.807, 2.05) is 0 Å². The molecule has 0 atom stereocenters. The second kappa shape index (κ2) is 4.43. The van der Waals surface area contributed by atoms with Crippen molar-refractivity contribution in [3.63, 3.8) is 0 Å². The molecule has 16 heavy (non-hydrogen) atoms. The van der Waals surface area contributed by atoms with Crippen LogP contribution in [0.2, 0.25) is 0 Å². The lowest BCUT2D eigenvalue weighted by molar-refractivity contribution is 0.0969. The minimum absolute atomic E-state index is 0.0369. The van der Waals surface area contributed by atoms with Crippen LogP contribution in [0.15, 0.2) is 18.2 Å². The zero-order chi connectivity index (χ0) is 12.3. The highest BCUT2D eigenvalue weighted by molar-refractivity contribution is 6.03. The summed E-state index contributed by atoms with van der Waals surface area (Å²) < 4.78 is 0. The van der Waals surface area contributed by atoms with Crippen LogP contribution in [0, 0.1) is 7.05 Å². The second-order valence-electron chi connectivity index (χ2n) is 3.03. The molecule has 1 aromatic rings. The monoisotopic (exact) mass is 220 g/mol. The molecular formula is C10H10N3O3. The van der Waals surface area contributed by atoms with Crippen molar-refractivity contribution in [2.75, 3.05) is 0 Å². The SMILES string of the molecule is [CH2]NC(=O)c1cc(C(N)=O)cc(C(N)=O)c1. The maximum atomic E-state index is 11.3. The van der Waals surface area contributed by atoms with Gasteiger partial charge in [-0.2, -0.15) is 0 Å². The average molecular weight is 220 g/mol. The van der Waals surface area contributed by atoms with Gasteiger partial charge in [0.2, 0.25) is 11.8 Å². The van der Waals surface area contributed by atoms with E-state index in [-0.39, 0.29) is 16.7 Å². The molecule has 5 N–H and O–H groups in total. The van der Waals surface area contributed by atoms with Crippen molar-refractivity contribution >= 4 is 17.7 Å². The molecule has 0 aliphatic carbocycles. The molecule has 0 aromatic heterocycles. The Labute approximate surface area is 91.6 Å². The minimum atomic E-state index is -0.749. The van der Waals surface area contributed by atoms with E-state index in [0.29, 0.717) is 0 Å². The molecule has 0 aliphatic rings. The van der Waals surface area contributed by atoms with Gasteiger partial charge in [-0.3, -0.25) is 14.4 Å². The Balaban J connectivity index is 3.35. The van der Waals surface area contributed by atoms with Gasteiger partial charge in [0.15, 0.2) is 0 Å². The van der Waals surface area contributed by atoms with Crippen molar-refractivity contribution in [3.8, 4) is 0 Å². The zero-order valence-corrected chi connectivity index (χ0v) is 8.32. The molecule has 3 amide bonds. The molecule has 0 saturated carbocycles. The molecule has 0 heterocycles. The predicted octanol–water partition coefficient (Wildman–Crippen LogP) is -0.594. The van der Waals surface area contributed by atoms with E-state index in [1.54, 1.807) is 0 Å². The Kier molecular flexibility index (Phi) is 3.24. The number of benzene rings is 1. The van der Waals surface area contributed by atoms with Crippen LogP contribution in [-0.2, 0) is 0 Å². The van der Waals surface area contributed by atoms with E-state index in [4.69, 9.17) is 11.5 Å². The summed E-state index contributed by atoms with van der Waals surface area (Å²) in [6, 6.07) is 3.75. The van der Waals surface area contributed by atoms with Crippen molar-refractivity contribution in [1.82, 2.24) is 5.32 Å². The second-order valence-corrected chi connectivity index (χ2v) is 3.03. The first-order valence-corrected chi connectivity index (χ1v) is 4.28. The van der Waals surface area contributed by atoms with Crippen LogP contribution in [0.4, 0.5) is 0 Å². The molecule has 0 bridgehead atoms. The minimum Gasteiger partial charge on any atom is -0.366 e. The van der Waals surface area contributed by atoms with E-state index in [1.165, 1.54) is 18.2 Å². The van der Waals surface area contributed by atoms with Gasteiger partial charge in [-0.25, -0.2) is 0 Å². The summed E-state index contributed by atoms with van der Waals surface area (Å²) in [6.07, 6.45) is 0. The molecule has 0 saturated heterocycles. The molecule has 6 heteroatoms. The number of carbonyl (C=O) groups is 3. The number of rotatable bonds is 3. The highest BCUT2D eigenvalue weighted by Crippen LogP contribution is 2.10. The van der Waals surface area contributed by atoms with E-state index >= 15 is 0 Å². The van der Waals surface area contributed by atoms with Crippen LogP contribution in [0.5, 0.6) is 0 Å². The van der Waals surface area contributed by atoms with Crippen molar-refractivity contribution in [1.29, 1.82) is 0 Å². The number of hydrogen-bond acceptors (Lipinski definition) is 3. The summed E-state index contributed by atoms with van der Waals surface area (Å²) in [4.78, 5) is 33.2. The van der Waals surface area contributed by atoms with E-state index in [2.05, 4.69) is 12.4 Å². The molecule has 1 radical (unpaired) electrons. The molecular weight excluding hydrogens is 210 g/mol. The van der Waals surface area contributed by atoms with Crippen LogP contribution in [0.25, 0.3) is 0 Å². The van der Waals surface area contributed by atoms with Gasteiger partial charge in [0.1, 0.15) is 0 Å². The summed E-state index contributed by atoms with van der Waals surface area (Å²) in [7, 11) is 3.18. The summed E-state index contributed by atoms with van der Waals surface area (Å²) >= 11 is 0. The molecule has 1 rings (SSSR count). The van der Waals surface area contributed by atoms with Gasteiger partial charge in [0, 0.05) is 23.7 Å². The van der Waals surface area contributed by atoms with Crippen molar-refractivity contribution < 1.29 is 14.4 Å². The largest absolute Gasteiger partial charge is 0.366 e. The third kappa shape index (κ3) is 2.35. The lowest BCUT2D eigenvalue weighted by Gasteiger charge is -2.04. The normalized spacial score (nSPS) is 9.56. The van der Waals surface area contributed by atoms with Gasteiger partial charge < -0.3 is 16.8 Å². The van der Waals surface area contributed by atoms with E-state index in [0.717, 1.165) is 0 Å². The lowest BCUT2D eigenvalue weighted by Crippen LogP contribution is -2.20. The Hall–Kier alpha value is -2.37. The number of amides is 3. The van der Waals surface area contributed by atoms with Crippen molar-refractivity contribution in [3.05, 3.63) is 41.9 Å². The maximum absolute atomic E-state index is 11.3. The Bertz CT molecular complexity index is 436. The average Bonchev–Trinajstić information content (AvgIpc) is 2.27. The Morgan fingerprint density at radius 2 is 1.31 bits per heavy atom. The summed E-state index contributed by atoms with van der Waals surface area (Å²) in [6.45, 7) is 0. The highest BCUT2D eigenvalue weighted by atomic mass is 16.2. The summed E-state index contributed by atoms with van der Waals surface area (Å²) in [5.41, 5.74) is 10.3. The van der Waals surface area contributed by atoms with Gasteiger partial charge >= 0.3 is 0 Å². The predicted molar refractivity (Wildman–Crippen MR) is 56.3 cm³/mol. The smallest absolute Gasteiger partial charge is 0.251 e. The summed E-state index contributed by atoms with van der Waals surface area (Å²) in [5, 5.41) is 2.12. The fourth-order valence-corrected chi connectivity index (χ4v) is 1.15. The first kappa shape index (κ1) is 11.7. The standard InChI is InChI=1S/C10H10N3O3/c1-13-10(16)7-3-5(8(11)14)2-6(4-7)9(12)15/h2-4H,1H2,(H2,11,14)(H2,12,15)(H,13,16). The van der Waals surface area contributed by atoms with E-state index < -0.39 is 17.7 Å². The van der Waals surface area contributed by atoms with E-state index in [9.17, 15) is 14.4 Å². The Morgan fingerprint density at radius 3 is 1.62 bits per heavy atom. The third-order valence-electron chi connectivity index (χ3n) is 1.92. The van der Waals surface area contributed by atoms with Crippen molar-refractivity contribution in [2.45, 2.75) is 0 Å². The molecule has 0 unspecified atom stereocenters. The van der Waals surface area contributed by atoms with Gasteiger partial charge in [-0.15, -0.1) is 0 Å². The molecule has 83 valence electrons. The topological polar surface area (TPSA) is 115 Å². The molecule has 0 fully saturated rings. The Morgan fingerprint density at radius 1 is 0.938 bits per heavy atom.